The number of carbonyl (C=O) groups is 3. The molecule has 6 nitrogen and oxygen atoms in total. The van der Waals surface area contributed by atoms with Gasteiger partial charge in [0.2, 0.25) is 5.91 Å². The highest BCUT2D eigenvalue weighted by atomic mass is 32.2. The van der Waals surface area contributed by atoms with Crippen molar-refractivity contribution in [2.45, 2.75) is 37.0 Å². The molecule has 0 aliphatic rings. The molecule has 0 saturated heterocycles. The maximum Gasteiger partial charge on any atom is 0.319 e. The maximum atomic E-state index is 12.2. The molecule has 7 heteroatoms. The van der Waals surface area contributed by atoms with Crippen LogP contribution in [-0.4, -0.2) is 29.1 Å². The molecule has 2 rings (SSSR count). The zero-order valence-corrected chi connectivity index (χ0v) is 16.2. The number of hydrogen-bond donors (Lipinski definition) is 2. The van der Waals surface area contributed by atoms with Crippen molar-refractivity contribution in [3.05, 3.63) is 54.6 Å². The predicted molar refractivity (Wildman–Crippen MR) is 107 cm³/mol. The van der Waals surface area contributed by atoms with E-state index in [-0.39, 0.29) is 5.91 Å². The standard InChI is InChI=1S/C20H22N2O4S/c1-13(26-20(25)14(2)27-18-7-5-4-6-8-18)19(24)22-17-11-9-16(10-12-17)21-15(3)23/h4-14H,1-3H3,(H,21,23)(H,22,24)/t13-,14+/m0/s1. The van der Waals surface area contributed by atoms with Gasteiger partial charge >= 0.3 is 5.97 Å². The molecule has 2 atom stereocenters. The van der Waals surface area contributed by atoms with Gasteiger partial charge in [0.25, 0.3) is 5.91 Å². The molecule has 2 aromatic carbocycles. The summed E-state index contributed by atoms with van der Waals surface area (Å²) in [5.74, 6) is -1.05. The van der Waals surface area contributed by atoms with Gasteiger partial charge in [0, 0.05) is 23.2 Å². The van der Waals surface area contributed by atoms with Crippen molar-refractivity contribution in [2.24, 2.45) is 0 Å². The van der Waals surface area contributed by atoms with Gasteiger partial charge in [-0.15, -0.1) is 11.8 Å². The lowest BCUT2D eigenvalue weighted by Crippen LogP contribution is -2.32. The van der Waals surface area contributed by atoms with Gasteiger partial charge in [-0.3, -0.25) is 14.4 Å². The Hall–Kier alpha value is -2.80. The number of benzene rings is 2. The first-order valence-corrected chi connectivity index (χ1v) is 9.34. The van der Waals surface area contributed by atoms with Crippen LogP contribution in [0.2, 0.25) is 0 Å². The van der Waals surface area contributed by atoms with Crippen LogP contribution in [0.15, 0.2) is 59.5 Å². The Morgan fingerprint density at radius 1 is 0.889 bits per heavy atom. The van der Waals surface area contributed by atoms with Crippen LogP contribution in [0, 0.1) is 0 Å². The van der Waals surface area contributed by atoms with Crippen molar-refractivity contribution in [1.82, 2.24) is 0 Å². The van der Waals surface area contributed by atoms with Crippen LogP contribution < -0.4 is 10.6 Å². The molecule has 2 N–H and O–H groups in total. The van der Waals surface area contributed by atoms with Crippen molar-refractivity contribution in [2.75, 3.05) is 10.6 Å². The largest absolute Gasteiger partial charge is 0.452 e. The summed E-state index contributed by atoms with van der Waals surface area (Å²) in [5, 5.41) is 4.89. The average molecular weight is 386 g/mol. The number of thioether (sulfide) groups is 1. The molecule has 0 aromatic heterocycles. The van der Waals surface area contributed by atoms with Crippen molar-refractivity contribution in [3.8, 4) is 0 Å². The van der Waals surface area contributed by atoms with Gasteiger partial charge in [0.05, 0.1) is 0 Å². The van der Waals surface area contributed by atoms with Crippen molar-refractivity contribution in [3.63, 3.8) is 0 Å². The summed E-state index contributed by atoms with van der Waals surface area (Å²) < 4.78 is 5.27. The Morgan fingerprint density at radius 3 is 2.00 bits per heavy atom. The summed E-state index contributed by atoms with van der Waals surface area (Å²) in [6, 6.07) is 16.2. The minimum absolute atomic E-state index is 0.171. The van der Waals surface area contributed by atoms with E-state index in [1.165, 1.54) is 25.6 Å². The third kappa shape index (κ3) is 6.79. The Morgan fingerprint density at radius 2 is 1.44 bits per heavy atom. The third-order valence-electron chi connectivity index (χ3n) is 3.52. The lowest BCUT2D eigenvalue weighted by Gasteiger charge is -2.16. The normalized spacial score (nSPS) is 12.6. The number of esters is 1. The van der Waals surface area contributed by atoms with E-state index in [0.29, 0.717) is 11.4 Å². The first-order valence-electron chi connectivity index (χ1n) is 8.46. The first kappa shape index (κ1) is 20.5. The lowest BCUT2D eigenvalue weighted by atomic mass is 10.2. The fraction of sp³-hybridized carbons (Fsp3) is 0.250. The number of amides is 2. The van der Waals surface area contributed by atoms with Crippen LogP contribution in [0.1, 0.15) is 20.8 Å². The number of hydrogen-bond acceptors (Lipinski definition) is 5. The van der Waals surface area contributed by atoms with Crippen LogP contribution in [0.3, 0.4) is 0 Å². The van der Waals surface area contributed by atoms with E-state index in [0.717, 1.165) is 4.90 Å². The predicted octanol–water partition coefficient (Wildman–Crippen LogP) is 3.70. The molecule has 0 spiro atoms. The molecule has 0 fully saturated rings. The van der Waals surface area contributed by atoms with Crippen molar-refractivity contribution >= 4 is 40.9 Å². The molecule has 0 saturated carbocycles. The van der Waals surface area contributed by atoms with E-state index in [1.54, 1.807) is 31.2 Å². The highest BCUT2D eigenvalue weighted by molar-refractivity contribution is 8.00. The second kappa shape index (κ2) is 9.78. The average Bonchev–Trinajstić information content (AvgIpc) is 2.63. The zero-order chi connectivity index (χ0) is 19.8. The quantitative estimate of drug-likeness (QED) is 0.560. The molecule has 0 unspecified atom stereocenters. The summed E-state index contributed by atoms with van der Waals surface area (Å²) >= 11 is 1.38. The van der Waals surface area contributed by atoms with Crippen LogP contribution in [0.5, 0.6) is 0 Å². The van der Waals surface area contributed by atoms with E-state index < -0.39 is 23.2 Å². The number of nitrogens with one attached hydrogen (secondary N) is 2. The highest BCUT2D eigenvalue weighted by Gasteiger charge is 2.22. The zero-order valence-electron chi connectivity index (χ0n) is 15.4. The van der Waals surface area contributed by atoms with Gasteiger partial charge in [0.15, 0.2) is 6.10 Å². The third-order valence-corrected chi connectivity index (χ3v) is 4.61. The Bertz CT molecular complexity index is 793. The second-order valence-corrected chi connectivity index (χ2v) is 7.31. The van der Waals surface area contributed by atoms with Gasteiger partial charge in [-0.25, -0.2) is 0 Å². The summed E-state index contributed by atoms with van der Waals surface area (Å²) in [7, 11) is 0. The number of anilines is 2. The molecular formula is C20H22N2O4S. The van der Waals surface area contributed by atoms with Crippen LogP contribution in [-0.2, 0) is 19.1 Å². The number of rotatable bonds is 7. The number of carbonyl (C=O) groups excluding carboxylic acids is 3. The van der Waals surface area contributed by atoms with Crippen LogP contribution >= 0.6 is 11.8 Å². The molecule has 0 aliphatic carbocycles. The van der Waals surface area contributed by atoms with E-state index in [4.69, 9.17) is 4.74 Å². The number of ether oxygens (including phenoxy) is 1. The molecule has 2 aromatic rings. The summed E-state index contributed by atoms with van der Waals surface area (Å²) in [6.45, 7) is 4.69. The van der Waals surface area contributed by atoms with E-state index >= 15 is 0 Å². The van der Waals surface area contributed by atoms with Gasteiger partial charge in [0.1, 0.15) is 5.25 Å². The molecule has 142 valence electrons. The molecular weight excluding hydrogens is 364 g/mol. The monoisotopic (exact) mass is 386 g/mol. The second-order valence-electron chi connectivity index (χ2n) is 5.90. The fourth-order valence-corrected chi connectivity index (χ4v) is 3.03. The Kier molecular flexibility index (Phi) is 7.43. The minimum atomic E-state index is -0.925. The van der Waals surface area contributed by atoms with E-state index in [1.807, 2.05) is 30.3 Å². The Balaban J connectivity index is 1.85. The summed E-state index contributed by atoms with van der Waals surface area (Å²) in [5.41, 5.74) is 1.18. The van der Waals surface area contributed by atoms with Gasteiger partial charge < -0.3 is 15.4 Å². The topological polar surface area (TPSA) is 84.5 Å². The van der Waals surface area contributed by atoms with Crippen molar-refractivity contribution < 1.29 is 19.1 Å². The summed E-state index contributed by atoms with van der Waals surface area (Å²) in [4.78, 5) is 36.4. The van der Waals surface area contributed by atoms with E-state index in [9.17, 15) is 14.4 Å². The molecule has 27 heavy (non-hydrogen) atoms. The maximum absolute atomic E-state index is 12.2. The molecule has 0 heterocycles. The van der Waals surface area contributed by atoms with E-state index in [2.05, 4.69) is 10.6 Å². The Labute approximate surface area is 162 Å². The highest BCUT2D eigenvalue weighted by Crippen LogP contribution is 2.24. The van der Waals surface area contributed by atoms with Gasteiger partial charge in [-0.05, 0) is 50.2 Å². The minimum Gasteiger partial charge on any atom is -0.452 e. The first-order chi connectivity index (χ1) is 12.8. The fourth-order valence-electron chi connectivity index (χ4n) is 2.16. The van der Waals surface area contributed by atoms with Crippen LogP contribution in [0.25, 0.3) is 0 Å². The molecule has 0 bridgehead atoms. The summed E-state index contributed by atoms with van der Waals surface area (Å²) in [6.07, 6.45) is -0.925. The lowest BCUT2D eigenvalue weighted by molar-refractivity contribution is -0.152. The molecule has 0 radical (unpaired) electrons. The molecule has 0 aliphatic heterocycles. The van der Waals surface area contributed by atoms with Gasteiger partial charge in [-0.1, -0.05) is 18.2 Å². The van der Waals surface area contributed by atoms with Crippen LogP contribution in [0.4, 0.5) is 11.4 Å². The van der Waals surface area contributed by atoms with Gasteiger partial charge in [-0.2, -0.15) is 0 Å². The molecule has 2 amide bonds. The smallest absolute Gasteiger partial charge is 0.319 e. The van der Waals surface area contributed by atoms with Crippen molar-refractivity contribution in [1.29, 1.82) is 0 Å². The SMILES string of the molecule is CC(=O)Nc1ccc(NC(=O)[C@H](C)OC(=O)[C@@H](C)Sc2ccccc2)cc1.